The zero-order valence-corrected chi connectivity index (χ0v) is 54.0. The van der Waals surface area contributed by atoms with Crippen molar-refractivity contribution in [2.24, 2.45) is 0 Å². The van der Waals surface area contributed by atoms with Gasteiger partial charge in [-0.2, -0.15) is 0 Å². The zero-order valence-electron chi connectivity index (χ0n) is 75.0. The van der Waals surface area contributed by atoms with Crippen LogP contribution in [0.1, 0.15) is 108 Å². The second-order valence-corrected chi connectivity index (χ2v) is 27.7. The fourth-order valence-electron chi connectivity index (χ4n) is 14.0. The summed E-state index contributed by atoms with van der Waals surface area (Å²) in [5, 5.41) is -1.19. The molecule has 0 atom stereocenters. The van der Waals surface area contributed by atoms with Gasteiger partial charge in [-0.1, -0.05) is 268 Å². The minimum absolute atomic E-state index is 0.0224. The third-order valence-corrected chi connectivity index (χ3v) is 18.7. The van der Waals surface area contributed by atoms with Gasteiger partial charge in [-0.25, -0.2) is 0 Å². The first-order chi connectivity index (χ1) is 54.8. The lowest BCUT2D eigenvalue weighted by atomic mass is 9.33. The Bertz CT molecular complexity index is 6550. The maximum atomic E-state index is 11.7. The average molecular weight is 1240 g/mol. The molecule has 0 saturated heterocycles. The number of rotatable bonds is 8. The number of nitrogens with zero attached hydrogens (tertiary/aromatic N) is 4. The number of benzene rings is 13. The van der Waals surface area contributed by atoms with Crippen LogP contribution in [0.2, 0.25) is 0 Å². The van der Waals surface area contributed by atoms with E-state index in [0.717, 1.165) is 26.8 Å². The summed E-state index contributed by atoms with van der Waals surface area (Å²) in [7, 11) is 0. The molecule has 2 aliphatic heterocycles. The summed E-state index contributed by atoms with van der Waals surface area (Å²) >= 11 is 0. The van der Waals surface area contributed by atoms with Gasteiger partial charge in [0.1, 0.15) is 0 Å². The van der Waals surface area contributed by atoms with E-state index in [2.05, 4.69) is 65.8 Å². The lowest BCUT2D eigenvalue weighted by molar-refractivity contribution is 0.590. The molecular weight excluding hydrogens is 1150 g/mol. The van der Waals surface area contributed by atoms with E-state index in [1.807, 2.05) is 164 Å². The van der Waals surface area contributed by atoms with Crippen LogP contribution < -0.4 is 26.2 Å². The molecule has 0 bridgehead atoms. The molecule has 0 amide bonds. The molecule has 0 N–H and O–H groups in total. The number of hydrogen-bond acceptors (Lipinski definition) is 2. The predicted molar refractivity (Wildman–Crippen MR) is 407 cm³/mol. The van der Waals surface area contributed by atoms with Crippen LogP contribution >= 0.6 is 0 Å². The molecule has 15 aromatic rings. The first-order valence-corrected chi connectivity index (χ1v) is 32.0. The Kier molecular flexibility index (Phi) is 9.12. The molecule has 17 rings (SSSR count). The Labute approximate surface area is 588 Å². The second kappa shape index (κ2) is 21.9. The fraction of sp³-hybridized carbons (Fsp3) is 0.133. The van der Waals surface area contributed by atoms with Gasteiger partial charge in [0, 0.05) is 77.9 Å². The highest BCUT2D eigenvalue weighted by Gasteiger charge is 2.47. The molecule has 0 radical (unpaired) electrons. The Morgan fingerprint density at radius 1 is 0.305 bits per heavy atom. The zero-order chi connectivity index (χ0) is 82.9. The number of para-hydroxylation sites is 4. The van der Waals surface area contributed by atoms with Gasteiger partial charge in [0.05, 0.1) is 62.2 Å². The molecule has 0 saturated carbocycles. The fourth-order valence-corrected chi connectivity index (χ4v) is 14.0. The monoisotopic (exact) mass is 1240 g/mol. The maximum Gasteiger partial charge on any atom is 0.252 e. The minimum atomic E-state index is -1.50. The van der Waals surface area contributed by atoms with Gasteiger partial charge in [-0.15, -0.1) is 0 Å². The lowest BCUT2D eigenvalue weighted by Gasteiger charge is -2.47. The van der Waals surface area contributed by atoms with Gasteiger partial charge in [-0.05, 0) is 156 Å². The number of hydrogen-bond donors (Lipinski definition) is 0. The molecule has 0 spiro atoms. The van der Waals surface area contributed by atoms with Crippen LogP contribution in [0.4, 0.5) is 34.1 Å². The molecule has 95 heavy (non-hydrogen) atoms. The van der Waals surface area contributed by atoms with Crippen LogP contribution in [0.25, 0.3) is 99.5 Å². The lowest BCUT2D eigenvalue weighted by Crippen LogP contribution is -2.61. The molecule has 458 valence electrons. The van der Waals surface area contributed by atoms with Crippen LogP contribution in [0.15, 0.2) is 291 Å². The molecule has 0 unspecified atom stereocenters. The summed E-state index contributed by atoms with van der Waals surface area (Å²) in [5.41, 5.74) is 5.69. The van der Waals surface area contributed by atoms with Crippen molar-refractivity contribution in [3.63, 3.8) is 0 Å². The molecular formula is C90H75BN4. The predicted octanol–water partition coefficient (Wildman–Crippen LogP) is 22.5. The Balaban J connectivity index is 1.16. The van der Waals surface area contributed by atoms with Gasteiger partial charge in [0.2, 0.25) is 0 Å². The van der Waals surface area contributed by atoms with E-state index in [9.17, 15) is 23.3 Å². The van der Waals surface area contributed by atoms with E-state index in [-0.39, 0.29) is 66.6 Å². The summed E-state index contributed by atoms with van der Waals surface area (Å²) < 4.78 is 210. The number of aromatic nitrogens is 2. The molecule has 0 fully saturated rings. The first-order valence-electron chi connectivity index (χ1n) is 42.5. The largest absolute Gasteiger partial charge is 0.310 e. The molecule has 2 aliphatic rings. The van der Waals surface area contributed by atoms with Crippen molar-refractivity contribution in [1.29, 1.82) is 0 Å². The van der Waals surface area contributed by atoms with Crippen molar-refractivity contribution in [1.82, 2.24) is 9.13 Å². The van der Waals surface area contributed by atoms with E-state index in [0.29, 0.717) is 67.2 Å². The molecule has 4 heterocycles. The SMILES string of the molecule is [2H]c1cc(-n2c3c([2H])c([2H])c([2H])c([2H])c3c3c([2H])c([2H])c([2H])c([2H])c32)c([2H])c2c1B1c3c(cc(C(C)(C)C)cc3N(c3c(-c4ccccc4)cc(C(C)(C)C)cc3-c3ccccc3)c3c([2H])c(-n4c5c([2H])c([2H])c([2H])c([2H])c5c5c([2H])c([2H])c([2H])c([2H])c54)c([2H])c([2H])c31)N2c1c(-c2ccccc2)cc(C(C)(C)C)cc1-c1ccccc1. The average Bonchev–Trinajstić information content (AvgIpc) is 0.831. The quantitative estimate of drug-likeness (QED) is 0.141. The summed E-state index contributed by atoms with van der Waals surface area (Å²) in [6, 6.07) is 39.0. The van der Waals surface area contributed by atoms with Crippen LogP contribution in [-0.2, 0) is 16.2 Å². The Morgan fingerprint density at radius 2 is 0.611 bits per heavy atom. The number of anilines is 6. The van der Waals surface area contributed by atoms with E-state index in [4.69, 9.17) is 5.48 Å². The van der Waals surface area contributed by atoms with Crippen LogP contribution in [0.3, 0.4) is 0 Å². The highest BCUT2D eigenvalue weighted by Crippen LogP contribution is 2.56. The summed E-state index contributed by atoms with van der Waals surface area (Å²) in [6.07, 6.45) is 0. The summed E-state index contributed by atoms with van der Waals surface area (Å²) in [5.74, 6) is 0. The van der Waals surface area contributed by atoms with Gasteiger partial charge in [0.25, 0.3) is 6.71 Å². The van der Waals surface area contributed by atoms with Crippen molar-refractivity contribution < 1.29 is 28.8 Å². The van der Waals surface area contributed by atoms with Gasteiger partial charge >= 0.3 is 0 Å². The van der Waals surface area contributed by atoms with Crippen molar-refractivity contribution in [2.45, 2.75) is 78.6 Å². The molecule has 0 aliphatic carbocycles. The van der Waals surface area contributed by atoms with Crippen molar-refractivity contribution in [3.8, 4) is 55.9 Å². The van der Waals surface area contributed by atoms with E-state index in [1.165, 1.54) is 10.6 Å². The standard InChI is InChI=1S/C90H75BN4/c1-88(2,3)62-50-71(58-30-14-10-15-31-58)86(72(51-62)59-32-16-11-17-33-59)94-81-56-65(92-77-42-26-22-38-67(77)68-39-23-27-43-78(68)92)46-48-75(81)91-76-49-47-66(93-79-44-28-24-40-69(79)70-41-25-29-45-80(70)93)57-82(76)95(84-55-64(90(7,8)9)54-83(94)85(84)91)87-73(60-34-18-12-19-35-60)52-63(89(4,5)6)53-74(87)61-36-20-13-21-37-61/h10-57H,1-9H3/i22D,23D,24D,25D,26D,27D,28D,29D,38D,39D,40D,41D,42D,43D,44D,45D,46D,48D,49D,56D,57D. The van der Waals surface area contributed by atoms with Crippen molar-refractivity contribution in [2.75, 3.05) is 9.80 Å². The van der Waals surface area contributed by atoms with Gasteiger partial charge in [0.15, 0.2) is 0 Å². The smallest absolute Gasteiger partial charge is 0.252 e. The van der Waals surface area contributed by atoms with Crippen molar-refractivity contribution in [3.05, 3.63) is 307 Å². The second-order valence-electron chi connectivity index (χ2n) is 27.7. The van der Waals surface area contributed by atoms with E-state index < -0.39 is 161 Å². The van der Waals surface area contributed by atoms with E-state index in [1.54, 1.807) is 0 Å². The van der Waals surface area contributed by atoms with E-state index >= 15 is 0 Å². The third-order valence-electron chi connectivity index (χ3n) is 18.7. The summed E-state index contributed by atoms with van der Waals surface area (Å²) in [6.45, 7) is 17.3. The van der Waals surface area contributed by atoms with Crippen LogP contribution in [0.5, 0.6) is 0 Å². The van der Waals surface area contributed by atoms with Crippen LogP contribution in [0, 0.1) is 0 Å². The summed E-state index contributed by atoms with van der Waals surface area (Å²) in [4.78, 5) is 3.89. The number of fused-ring (bicyclic) bond motifs is 10. The van der Waals surface area contributed by atoms with Crippen LogP contribution in [-0.4, -0.2) is 15.8 Å². The molecule has 5 heteroatoms. The van der Waals surface area contributed by atoms with Crippen molar-refractivity contribution >= 4 is 101 Å². The van der Waals surface area contributed by atoms with Gasteiger partial charge in [-0.3, -0.25) is 0 Å². The van der Waals surface area contributed by atoms with Gasteiger partial charge < -0.3 is 18.9 Å². The normalized spacial score (nSPS) is 16.1. The maximum absolute atomic E-state index is 11.7. The topological polar surface area (TPSA) is 16.3 Å². The third kappa shape index (κ3) is 9.41. The first kappa shape index (κ1) is 39.6. The molecule has 13 aromatic carbocycles. The Morgan fingerprint density at radius 3 is 0.958 bits per heavy atom. The minimum Gasteiger partial charge on any atom is -0.310 e. The molecule has 2 aromatic heterocycles. The highest BCUT2D eigenvalue weighted by atomic mass is 15.2. The Hall–Kier alpha value is -10.9. The highest BCUT2D eigenvalue weighted by molar-refractivity contribution is 7.00. The molecule has 4 nitrogen and oxygen atoms in total.